The Morgan fingerprint density at radius 1 is 1.50 bits per heavy atom. The fraction of sp³-hybridized carbons (Fsp3) is 0.583. The summed E-state index contributed by atoms with van der Waals surface area (Å²) in [5.41, 5.74) is -0.0994. The van der Waals surface area contributed by atoms with Crippen LogP contribution < -0.4 is 10.1 Å². The van der Waals surface area contributed by atoms with Gasteiger partial charge < -0.3 is 10.1 Å². The van der Waals surface area contributed by atoms with Gasteiger partial charge in [0.1, 0.15) is 5.82 Å². The Balaban J connectivity index is 2.88. The number of rotatable bonds is 7. The topological polar surface area (TPSA) is 77.3 Å². The summed E-state index contributed by atoms with van der Waals surface area (Å²) in [6.45, 7) is 7.17. The summed E-state index contributed by atoms with van der Waals surface area (Å²) in [7, 11) is 0. The molecule has 0 aromatic carbocycles. The van der Waals surface area contributed by atoms with E-state index in [1.54, 1.807) is 6.07 Å². The number of nitrogens with one attached hydrogen (secondary N) is 1. The number of aromatic nitrogens is 1. The lowest BCUT2D eigenvalue weighted by molar-refractivity contribution is -0.386. The van der Waals surface area contributed by atoms with Gasteiger partial charge in [0.2, 0.25) is 0 Å². The molecule has 6 heteroatoms. The van der Waals surface area contributed by atoms with Crippen LogP contribution in [0.4, 0.5) is 11.5 Å². The molecule has 0 saturated heterocycles. The van der Waals surface area contributed by atoms with Gasteiger partial charge in [-0.15, -0.1) is 0 Å². The number of nitrogens with zero attached hydrogens (tertiary/aromatic N) is 2. The average molecular weight is 253 g/mol. The summed E-state index contributed by atoms with van der Waals surface area (Å²) >= 11 is 0. The molecule has 0 fully saturated rings. The predicted molar refractivity (Wildman–Crippen MR) is 70.0 cm³/mol. The molecule has 0 saturated carbocycles. The highest BCUT2D eigenvalue weighted by atomic mass is 16.6. The number of hydrogen-bond donors (Lipinski definition) is 1. The highest BCUT2D eigenvalue weighted by Crippen LogP contribution is 2.26. The zero-order chi connectivity index (χ0) is 13.5. The van der Waals surface area contributed by atoms with Gasteiger partial charge in [-0.05, 0) is 18.4 Å². The van der Waals surface area contributed by atoms with Crippen molar-refractivity contribution >= 4 is 11.5 Å². The van der Waals surface area contributed by atoms with Crippen LogP contribution in [0.25, 0.3) is 0 Å². The summed E-state index contributed by atoms with van der Waals surface area (Å²) < 4.78 is 5.39. The molecule has 1 heterocycles. The van der Waals surface area contributed by atoms with Gasteiger partial charge in [0.15, 0.2) is 0 Å². The Morgan fingerprint density at radius 2 is 2.22 bits per heavy atom. The molecular weight excluding hydrogens is 234 g/mol. The fourth-order valence-corrected chi connectivity index (χ4v) is 1.28. The highest BCUT2D eigenvalue weighted by molar-refractivity contribution is 5.49. The first kappa shape index (κ1) is 14.2. The van der Waals surface area contributed by atoms with E-state index in [0.717, 1.165) is 13.0 Å². The van der Waals surface area contributed by atoms with Gasteiger partial charge in [0.25, 0.3) is 5.88 Å². The van der Waals surface area contributed by atoms with Crippen molar-refractivity contribution < 1.29 is 9.66 Å². The second-order valence-corrected chi connectivity index (χ2v) is 4.41. The Bertz CT molecular complexity index is 408. The second-order valence-electron chi connectivity index (χ2n) is 4.41. The van der Waals surface area contributed by atoms with E-state index in [9.17, 15) is 10.1 Å². The Labute approximate surface area is 107 Å². The lowest BCUT2D eigenvalue weighted by Crippen LogP contribution is -2.09. The van der Waals surface area contributed by atoms with Crippen molar-refractivity contribution in [2.45, 2.75) is 27.2 Å². The van der Waals surface area contributed by atoms with E-state index in [0.29, 0.717) is 18.3 Å². The van der Waals surface area contributed by atoms with Gasteiger partial charge in [0, 0.05) is 12.6 Å². The van der Waals surface area contributed by atoms with Crippen molar-refractivity contribution in [1.82, 2.24) is 4.98 Å². The van der Waals surface area contributed by atoms with Crippen LogP contribution in [0.15, 0.2) is 12.1 Å². The van der Waals surface area contributed by atoms with E-state index in [1.807, 2.05) is 20.8 Å². The Hall–Kier alpha value is -1.85. The van der Waals surface area contributed by atoms with Crippen LogP contribution in [0, 0.1) is 16.0 Å². The Morgan fingerprint density at radius 3 is 2.78 bits per heavy atom. The molecule has 6 nitrogen and oxygen atoms in total. The van der Waals surface area contributed by atoms with Gasteiger partial charge in [-0.3, -0.25) is 10.1 Å². The average Bonchev–Trinajstić information content (AvgIpc) is 2.33. The first-order chi connectivity index (χ1) is 8.54. The molecule has 1 aromatic heterocycles. The molecule has 18 heavy (non-hydrogen) atoms. The molecule has 0 unspecified atom stereocenters. The molecule has 0 atom stereocenters. The van der Waals surface area contributed by atoms with Crippen molar-refractivity contribution in [3.8, 4) is 5.88 Å². The molecule has 0 spiro atoms. The van der Waals surface area contributed by atoms with Crippen LogP contribution in [-0.2, 0) is 0 Å². The van der Waals surface area contributed by atoms with Gasteiger partial charge in [-0.2, -0.15) is 4.98 Å². The summed E-state index contributed by atoms with van der Waals surface area (Å²) in [5.74, 6) is 0.967. The van der Waals surface area contributed by atoms with E-state index in [-0.39, 0.29) is 11.6 Å². The minimum absolute atomic E-state index is 0.0785. The molecular formula is C12H19N3O3. The van der Waals surface area contributed by atoms with E-state index < -0.39 is 4.92 Å². The number of nitro groups is 1. The molecule has 1 rings (SSSR count). The van der Waals surface area contributed by atoms with Gasteiger partial charge >= 0.3 is 5.69 Å². The molecule has 0 radical (unpaired) electrons. The van der Waals surface area contributed by atoms with E-state index in [1.165, 1.54) is 6.07 Å². The summed E-state index contributed by atoms with van der Waals surface area (Å²) in [4.78, 5) is 14.5. The Kier molecular flexibility index (Phi) is 5.35. The smallest absolute Gasteiger partial charge is 0.331 e. The number of pyridine rings is 1. The predicted octanol–water partition coefficient (Wildman–Crippen LogP) is 2.85. The first-order valence-electron chi connectivity index (χ1n) is 6.06. The number of anilines is 1. The van der Waals surface area contributed by atoms with Crippen LogP contribution in [0.3, 0.4) is 0 Å². The third-order valence-electron chi connectivity index (χ3n) is 2.15. The van der Waals surface area contributed by atoms with E-state index >= 15 is 0 Å². The molecule has 0 aliphatic rings. The van der Waals surface area contributed by atoms with Crippen LogP contribution >= 0.6 is 0 Å². The quantitative estimate of drug-likeness (QED) is 0.597. The lowest BCUT2D eigenvalue weighted by atomic mass is 10.2. The molecule has 0 amide bonds. The van der Waals surface area contributed by atoms with Crippen LogP contribution in [0.1, 0.15) is 27.2 Å². The monoisotopic (exact) mass is 253 g/mol. The summed E-state index contributed by atoms with van der Waals surface area (Å²) in [5, 5.41) is 13.9. The molecule has 0 aliphatic heterocycles. The summed E-state index contributed by atoms with van der Waals surface area (Å²) in [6, 6.07) is 3.01. The molecule has 0 bridgehead atoms. The maximum Gasteiger partial charge on any atom is 0.331 e. The van der Waals surface area contributed by atoms with Crippen molar-refractivity contribution in [3.63, 3.8) is 0 Å². The minimum atomic E-state index is -0.480. The van der Waals surface area contributed by atoms with Crippen molar-refractivity contribution in [3.05, 3.63) is 22.2 Å². The van der Waals surface area contributed by atoms with Crippen molar-refractivity contribution in [1.29, 1.82) is 0 Å². The normalized spacial score (nSPS) is 10.4. The van der Waals surface area contributed by atoms with E-state index in [2.05, 4.69) is 10.3 Å². The third kappa shape index (κ3) is 4.20. The lowest BCUT2D eigenvalue weighted by Gasteiger charge is -2.10. The second kappa shape index (κ2) is 6.78. The minimum Gasteiger partial charge on any atom is -0.472 e. The molecule has 0 aliphatic carbocycles. The van der Waals surface area contributed by atoms with Crippen molar-refractivity contribution in [2.24, 2.45) is 5.92 Å². The first-order valence-corrected chi connectivity index (χ1v) is 6.06. The maximum atomic E-state index is 10.9. The number of hydrogen-bond acceptors (Lipinski definition) is 5. The molecule has 1 aromatic rings. The summed E-state index contributed by atoms with van der Waals surface area (Å²) in [6.07, 6.45) is 0.959. The SMILES string of the molecule is CCCNc1ccc([N+](=O)[O-])c(OCC(C)C)n1. The van der Waals surface area contributed by atoms with Gasteiger partial charge in [0.05, 0.1) is 11.5 Å². The van der Waals surface area contributed by atoms with Gasteiger partial charge in [-0.25, -0.2) is 0 Å². The van der Waals surface area contributed by atoms with E-state index in [4.69, 9.17) is 4.74 Å². The molecule has 1 N–H and O–H groups in total. The van der Waals surface area contributed by atoms with Crippen LogP contribution in [0.2, 0.25) is 0 Å². The van der Waals surface area contributed by atoms with Crippen molar-refractivity contribution in [2.75, 3.05) is 18.5 Å². The van der Waals surface area contributed by atoms with Gasteiger partial charge in [-0.1, -0.05) is 20.8 Å². The number of ether oxygens (including phenoxy) is 1. The largest absolute Gasteiger partial charge is 0.472 e. The standard InChI is InChI=1S/C12H19N3O3/c1-4-7-13-11-6-5-10(15(16)17)12(14-11)18-8-9(2)3/h5-6,9H,4,7-8H2,1-3H3,(H,13,14). The zero-order valence-electron chi connectivity index (χ0n) is 11.0. The third-order valence-corrected chi connectivity index (χ3v) is 2.15. The fourth-order valence-electron chi connectivity index (χ4n) is 1.28. The van der Waals surface area contributed by atoms with Crippen LogP contribution in [-0.4, -0.2) is 23.1 Å². The molecule has 100 valence electrons. The zero-order valence-corrected chi connectivity index (χ0v) is 11.0. The highest BCUT2D eigenvalue weighted by Gasteiger charge is 2.17. The maximum absolute atomic E-state index is 10.9. The van der Waals surface area contributed by atoms with Crippen LogP contribution in [0.5, 0.6) is 5.88 Å².